The Morgan fingerprint density at radius 2 is 2.19 bits per heavy atom. The molecule has 1 saturated carbocycles. The van der Waals surface area contributed by atoms with Gasteiger partial charge in [-0.3, -0.25) is 4.79 Å². The molecule has 0 bridgehead atoms. The van der Waals surface area contributed by atoms with Gasteiger partial charge in [-0.1, -0.05) is 12.8 Å². The second kappa shape index (κ2) is 5.15. The zero-order valence-corrected chi connectivity index (χ0v) is 9.71. The highest BCUT2D eigenvalue weighted by molar-refractivity contribution is 5.74. The van der Waals surface area contributed by atoms with Crippen molar-refractivity contribution in [1.82, 2.24) is 5.32 Å². The summed E-state index contributed by atoms with van der Waals surface area (Å²) >= 11 is 0. The summed E-state index contributed by atoms with van der Waals surface area (Å²) in [6.07, 6.45) is 5.69. The average molecular weight is 227 g/mol. The molecule has 1 atom stereocenters. The number of carboxylic acids is 1. The fourth-order valence-corrected chi connectivity index (χ4v) is 2.86. The van der Waals surface area contributed by atoms with Crippen molar-refractivity contribution < 1.29 is 14.6 Å². The summed E-state index contributed by atoms with van der Waals surface area (Å²) in [5, 5.41) is 12.6. The lowest BCUT2D eigenvalue weighted by Gasteiger charge is -2.28. The highest BCUT2D eigenvalue weighted by Crippen LogP contribution is 2.42. The van der Waals surface area contributed by atoms with Crippen molar-refractivity contribution in [3.63, 3.8) is 0 Å². The Bertz CT molecular complexity index is 243. The summed E-state index contributed by atoms with van der Waals surface area (Å²) in [6.45, 7) is 2.54. The summed E-state index contributed by atoms with van der Waals surface area (Å²) in [4.78, 5) is 11.3. The SMILES string of the molecule is O=C(O)C1(CCC2CNCCO2)CCCC1. The number of rotatable bonds is 4. The molecule has 4 nitrogen and oxygen atoms in total. The summed E-state index contributed by atoms with van der Waals surface area (Å²) < 4.78 is 5.61. The van der Waals surface area contributed by atoms with E-state index >= 15 is 0 Å². The van der Waals surface area contributed by atoms with Crippen LogP contribution in [0.4, 0.5) is 0 Å². The van der Waals surface area contributed by atoms with Gasteiger partial charge < -0.3 is 15.2 Å². The summed E-state index contributed by atoms with van der Waals surface area (Å²) in [5.74, 6) is -0.603. The molecule has 1 unspecified atom stereocenters. The molecule has 0 aromatic rings. The van der Waals surface area contributed by atoms with Crippen LogP contribution in [0, 0.1) is 5.41 Å². The first-order chi connectivity index (χ1) is 7.73. The van der Waals surface area contributed by atoms with E-state index in [1.165, 1.54) is 0 Å². The third-order valence-corrected chi connectivity index (χ3v) is 3.96. The van der Waals surface area contributed by atoms with Gasteiger partial charge in [-0.2, -0.15) is 0 Å². The van der Waals surface area contributed by atoms with Crippen LogP contribution in [0.1, 0.15) is 38.5 Å². The molecule has 0 radical (unpaired) electrons. The Morgan fingerprint density at radius 1 is 1.44 bits per heavy atom. The van der Waals surface area contributed by atoms with Crippen molar-refractivity contribution in [2.24, 2.45) is 5.41 Å². The molecule has 1 aliphatic heterocycles. The van der Waals surface area contributed by atoms with Crippen LogP contribution in [-0.4, -0.2) is 36.9 Å². The van der Waals surface area contributed by atoms with Gasteiger partial charge in [0.2, 0.25) is 0 Å². The van der Waals surface area contributed by atoms with Crippen LogP contribution in [0.15, 0.2) is 0 Å². The smallest absolute Gasteiger partial charge is 0.309 e. The highest BCUT2D eigenvalue weighted by Gasteiger charge is 2.41. The maximum Gasteiger partial charge on any atom is 0.309 e. The van der Waals surface area contributed by atoms with Crippen molar-refractivity contribution in [3.05, 3.63) is 0 Å². The summed E-state index contributed by atoms with van der Waals surface area (Å²) in [7, 11) is 0. The van der Waals surface area contributed by atoms with E-state index in [1.54, 1.807) is 0 Å². The topological polar surface area (TPSA) is 58.6 Å². The van der Waals surface area contributed by atoms with Crippen molar-refractivity contribution in [2.75, 3.05) is 19.7 Å². The van der Waals surface area contributed by atoms with Crippen LogP contribution < -0.4 is 5.32 Å². The van der Waals surface area contributed by atoms with Crippen LogP contribution in [0.5, 0.6) is 0 Å². The minimum Gasteiger partial charge on any atom is -0.481 e. The Balaban J connectivity index is 1.84. The maximum absolute atomic E-state index is 11.3. The molecule has 0 aromatic heterocycles. The molecule has 92 valence electrons. The van der Waals surface area contributed by atoms with Crippen LogP contribution in [-0.2, 0) is 9.53 Å². The molecule has 16 heavy (non-hydrogen) atoms. The molecular weight excluding hydrogens is 206 g/mol. The number of hydrogen-bond acceptors (Lipinski definition) is 3. The fourth-order valence-electron chi connectivity index (χ4n) is 2.86. The van der Waals surface area contributed by atoms with Gasteiger partial charge in [-0.25, -0.2) is 0 Å². The molecule has 2 fully saturated rings. The maximum atomic E-state index is 11.3. The average Bonchev–Trinajstić information content (AvgIpc) is 2.78. The number of ether oxygens (including phenoxy) is 1. The molecule has 2 N–H and O–H groups in total. The van der Waals surface area contributed by atoms with Gasteiger partial charge in [0, 0.05) is 13.1 Å². The fraction of sp³-hybridized carbons (Fsp3) is 0.917. The monoisotopic (exact) mass is 227 g/mol. The third-order valence-electron chi connectivity index (χ3n) is 3.96. The lowest BCUT2D eigenvalue weighted by atomic mass is 9.81. The number of carbonyl (C=O) groups is 1. The molecule has 1 saturated heterocycles. The van der Waals surface area contributed by atoms with Gasteiger partial charge >= 0.3 is 5.97 Å². The number of carboxylic acid groups (broad SMARTS) is 1. The summed E-state index contributed by atoms with van der Waals surface area (Å²) in [6, 6.07) is 0. The Kier molecular flexibility index (Phi) is 3.82. The van der Waals surface area contributed by atoms with Crippen molar-refractivity contribution in [3.8, 4) is 0 Å². The normalized spacial score (nSPS) is 29.1. The van der Waals surface area contributed by atoms with Crippen molar-refractivity contribution in [1.29, 1.82) is 0 Å². The second-order valence-electron chi connectivity index (χ2n) is 5.03. The van der Waals surface area contributed by atoms with E-state index in [-0.39, 0.29) is 6.10 Å². The lowest BCUT2D eigenvalue weighted by molar-refractivity contribution is -0.149. The van der Waals surface area contributed by atoms with Gasteiger partial charge in [0.1, 0.15) is 0 Å². The standard InChI is InChI=1S/C12H21NO3/c14-11(15)12(4-1-2-5-12)6-3-10-9-13-7-8-16-10/h10,13H,1-9H2,(H,14,15). The van der Waals surface area contributed by atoms with Crippen LogP contribution in [0.25, 0.3) is 0 Å². The molecule has 1 heterocycles. The van der Waals surface area contributed by atoms with Gasteiger partial charge in [0.15, 0.2) is 0 Å². The predicted octanol–water partition coefficient (Wildman–Crippen LogP) is 1.40. The molecular formula is C12H21NO3. The Hall–Kier alpha value is -0.610. The Labute approximate surface area is 96.4 Å². The second-order valence-corrected chi connectivity index (χ2v) is 5.03. The highest BCUT2D eigenvalue weighted by atomic mass is 16.5. The largest absolute Gasteiger partial charge is 0.481 e. The zero-order valence-electron chi connectivity index (χ0n) is 9.71. The molecule has 0 spiro atoms. The lowest BCUT2D eigenvalue weighted by Crippen LogP contribution is -2.39. The van der Waals surface area contributed by atoms with Crippen LogP contribution in [0.3, 0.4) is 0 Å². The first-order valence-electron chi connectivity index (χ1n) is 6.29. The van der Waals surface area contributed by atoms with Gasteiger partial charge in [-0.05, 0) is 25.7 Å². The van der Waals surface area contributed by atoms with Gasteiger partial charge in [-0.15, -0.1) is 0 Å². The number of morpholine rings is 1. The molecule has 4 heteroatoms. The van der Waals surface area contributed by atoms with E-state index in [0.717, 1.165) is 58.2 Å². The van der Waals surface area contributed by atoms with E-state index in [9.17, 15) is 9.90 Å². The minimum absolute atomic E-state index is 0.213. The van der Waals surface area contributed by atoms with E-state index in [2.05, 4.69) is 5.32 Å². The number of nitrogens with one attached hydrogen (secondary N) is 1. The van der Waals surface area contributed by atoms with E-state index in [1.807, 2.05) is 0 Å². The minimum atomic E-state index is -0.603. The third kappa shape index (κ3) is 2.55. The van der Waals surface area contributed by atoms with Crippen LogP contribution >= 0.6 is 0 Å². The molecule has 0 amide bonds. The first-order valence-corrected chi connectivity index (χ1v) is 6.29. The Morgan fingerprint density at radius 3 is 2.75 bits per heavy atom. The number of hydrogen-bond donors (Lipinski definition) is 2. The molecule has 2 rings (SSSR count). The summed E-state index contributed by atoms with van der Waals surface area (Å²) in [5.41, 5.74) is -0.444. The van der Waals surface area contributed by atoms with E-state index in [4.69, 9.17) is 4.74 Å². The molecule has 0 aromatic carbocycles. The quantitative estimate of drug-likeness (QED) is 0.762. The molecule has 1 aliphatic carbocycles. The van der Waals surface area contributed by atoms with Crippen LogP contribution in [0.2, 0.25) is 0 Å². The van der Waals surface area contributed by atoms with Crippen molar-refractivity contribution >= 4 is 5.97 Å². The van der Waals surface area contributed by atoms with E-state index < -0.39 is 11.4 Å². The zero-order chi connectivity index (χ0) is 11.4. The van der Waals surface area contributed by atoms with Gasteiger partial charge in [0.25, 0.3) is 0 Å². The number of aliphatic carboxylic acids is 1. The molecule has 2 aliphatic rings. The van der Waals surface area contributed by atoms with E-state index in [0.29, 0.717) is 0 Å². The van der Waals surface area contributed by atoms with Gasteiger partial charge in [0.05, 0.1) is 18.1 Å². The predicted molar refractivity (Wildman–Crippen MR) is 60.4 cm³/mol. The van der Waals surface area contributed by atoms with Crippen molar-refractivity contribution in [2.45, 2.75) is 44.6 Å². The first kappa shape index (κ1) is 11.9.